The van der Waals surface area contributed by atoms with E-state index in [1.165, 1.54) is 11.6 Å². The average molecular weight is 439 g/mol. The van der Waals surface area contributed by atoms with Crippen LogP contribution in [-0.2, 0) is 4.79 Å². The lowest BCUT2D eigenvalue weighted by molar-refractivity contribution is -0.124. The van der Waals surface area contributed by atoms with E-state index in [4.69, 9.17) is 16.8 Å². The Bertz CT molecular complexity index is 1040. The number of aromatic nitrogens is 1. The van der Waals surface area contributed by atoms with Crippen molar-refractivity contribution in [3.63, 3.8) is 0 Å². The highest BCUT2D eigenvalue weighted by atomic mass is 35.5. The molecule has 0 atom stereocenters. The molecule has 1 aliphatic heterocycles. The first kappa shape index (κ1) is 22.7. The van der Waals surface area contributed by atoms with Gasteiger partial charge in [0.15, 0.2) is 0 Å². The number of nitrogens with zero attached hydrogens (tertiary/aromatic N) is 3. The third-order valence-corrected chi connectivity index (χ3v) is 5.47. The number of allylic oxidation sites excluding steroid dienone is 4. The van der Waals surface area contributed by atoms with Crippen molar-refractivity contribution < 1.29 is 10.0 Å². The van der Waals surface area contributed by atoms with Crippen LogP contribution in [0.5, 0.6) is 0 Å². The lowest BCUT2D eigenvalue weighted by atomic mass is 10.1. The largest absolute Gasteiger partial charge is 0.353 e. The Labute approximate surface area is 187 Å². The Hall–Kier alpha value is -2.93. The zero-order valence-corrected chi connectivity index (χ0v) is 18.3. The minimum absolute atomic E-state index is 0.522. The molecule has 1 fully saturated rings. The zero-order valence-electron chi connectivity index (χ0n) is 17.6. The van der Waals surface area contributed by atoms with E-state index in [-0.39, 0.29) is 0 Å². The van der Waals surface area contributed by atoms with E-state index in [0.717, 1.165) is 54.9 Å². The van der Waals surface area contributed by atoms with Crippen LogP contribution in [0.4, 0.5) is 5.82 Å². The zero-order chi connectivity index (χ0) is 22.2. The summed E-state index contributed by atoms with van der Waals surface area (Å²) in [6.45, 7) is 10.4. The number of pyridine rings is 1. The van der Waals surface area contributed by atoms with Crippen LogP contribution in [0.1, 0.15) is 5.56 Å². The van der Waals surface area contributed by atoms with Crippen molar-refractivity contribution in [1.29, 1.82) is 0 Å². The van der Waals surface area contributed by atoms with E-state index < -0.39 is 5.91 Å². The molecule has 2 heterocycles. The van der Waals surface area contributed by atoms with Crippen LogP contribution in [-0.4, -0.2) is 53.7 Å². The molecule has 2 aromatic rings. The Kier molecular flexibility index (Phi) is 8.00. The van der Waals surface area contributed by atoms with Gasteiger partial charge in [0.1, 0.15) is 11.0 Å². The molecule has 7 heteroatoms. The van der Waals surface area contributed by atoms with Gasteiger partial charge < -0.3 is 4.90 Å². The molecule has 3 rings (SSSR count). The first-order chi connectivity index (χ1) is 15.0. The second kappa shape index (κ2) is 10.9. The molecule has 0 aliphatic carbocycles. The van der Waals surface area contributed by atoms with Crippen LogP contribution in [0.15, 0.2) is 72.9 Å². The maximum atomic E-state index is 10.9. The molecule has 1 aromatic carbocycles. The number of piperazine rings is 1. The molecule has 0 spiro atoms. The van der Waals surface area contributed by atoms with E-state index >= 15 is 0 Å². The third-order valence-electron chi connectivity index (χ3n) is 5.27. The minimum Gasteiger partial charge on any atom is -0.353 e. The lowest BCUT2D eigenvalue weighted by Gasteiger charge is -2.36. The van der Waals surface area contributed by atoms with Gasteiger partial charge in [-0.15, -0.1) is 0 Å². The van der Waals surface area contributed by atoms with Gasteiger partial charge in [0.2, 0.25) is 0 Å². The summed E-state index contributed by atoms with van der Waals surface area (Å²) in [6.07, 6.45) is 10.2. The summed E-state index contributed by atoms with van der Waals surface area (Å²) >= 11 is 6.32. The summed E-state index contributed by atoms with van der Waals surface area (Å²) in [5, 5.41) is 11.3. The second-order valence-electron chi connectivity index (χ2n) is 7.37. The average Bonchev–Trinajstić information content (AvgIpc) is 2.78. The number of hydrogen-bond acceptors (Lipinski definition) is 5. The van der Waals surface area contributed by atoms with Crippen molar-refractivity contribution in [1.82, 2.24) is 15.4 Å². The SMILES string of the molecule is C=C\C(=C/C=C/C=C/C(=O)NO)CN1CCN(c2nc(Cl)cc3c(C)cccc23)CC1. The number of nitrogens with one attached hydrogen (secondary N) is 1. The number of anilines is 1. The molecular weight excluding hydrogens is 412 g/mol. The van der Waals surface area contributed by atoms with Crippen LogP contribution in [0.2, 0.25) is 5.15 Å². The van der Waals surface area contributed by atoms with Gasteiger partial charge in [-0.3, -0.25) is 14.9 Å². The van der Waals surface area contributed by atoms with Gasteiger partial charge in [-0.2, -0.15) is 0 Å². The number of hydrogen-bond donors (Lipinski definition) is 2. The molecule has 0 saturated carbocycles. The van der Waals surface area contributed by atoms with Crippen LogP contribution in [0, 0.1) is 6.92 Å². The minimum atomic E-state index is -0.562. The fourth-order valence-corrected chi connectivity index (χ4v) is 3.80. The van der Waals surface area contributed by atoms with Crippen molar-refractivity contribution in [2.75, 3.05) is 37.6 Å². The summed E-state index contributed by atoms with van der Waals surface area (Å²) in [5.74, 6) is 0.388. The molecule has 1 aromatic heterocycles. The normalized spacial score (nSPS) is 15.8. The van der Waals surface area contributed by atoms with Gasteiger partial charge in [-0.1, -0.05) is 66.8 Å². The summed E-state index contributed by atoms with van der Waals surface area (Å²) in [6, 6.07) is 8.20. The molecule has 0 bridgehead atoms. The molecule has 0 unspecified atom stereocenters. The molecule has 1 amide bonds. The molecule has 2 N–H and O–H groups in total. The van der Waals surface area contributed by atoms with Gasteiger partial charge in [0.05, 0.1) is 0 Å². The number of carbonyl (C=O) groups excluding carboxylic acids is 1. The van der Waals surface area contributed by atoms with E-state index in [1.54, 1.807) is 17.6 Å². The number of rotatable bonds is 7. The Balaban J connectivity index is 1.63. The highest BCUT2D eigenvalue weighted by Gasteiger charge is 2.20. The van der Waals surface area contributed by atoms with E-state index in [1.807, 2.05) is 24.3 Å². The number of fused-ring (bicyclic) bond motifs is 1. The Morgan fingerprint density at radius 3 is 2.71 bits per heavy atom. The first-order valence-corrected chi connectivity index (χ1v) is 10.5. The van der Waals surface area contributed by atoms with Crippen molar-refractivity contribution in [2.24, 2.45) is 0 Å². The molecule has 1 saturated heterocycles. The molecule has 6 nitrogen and oxygen atoms in total. The molecular formula is C24H27ClN4O2. The predicted molar refractivity (Wildman–Crippen MR) is 127 cm³/mol. The fraction of sp³-hybridized carbons (Fsp3) is 0.250. The van der Waals surface area contributed by atoms with Crippen molar-refractivity contribution in [3.8, 4) is 0 Å². The number of amides is 1. The molecule has 31 heavy (non-hydrogen) atoms. The smallest absolute Gasteiger partial charge is 0.267 e. The number of hydroxylamine groups is 1. The van der Waals surface area contributed by atoms with E-state index in [9.17, 15) is 4.79 Å². The second-order valence-corrected chi connectivity index (χ2v) is 7.75. The fourth-order valence-electron chi connectivity index (χ4n) is 3.61. The number of aryl methyl sites for hydroxylation is 1. The van der Waals surface area contributed by atoms with Crippen LogP contribution < -0.4 is 10.4 Å². The van der Waals surface area contributed by atoms with Crippen molar-refractivity contribution >= 4 is 34.1 Å². The Morgan fingerprint density at radius 1 is 1.23 bits per heavy atom. The molecule has 0 radical (unpaired) electrons. The maximum absolute atomic E-state index is 10.9. The third kappa shape index (κ3) is 6.04. The van der Waals surface area contributed by atoms with Crippen molar-refractivity contribution in [2.45, 2.75) is 6.92 Å². The van der Waals surface area contributed by atoms with Crippen LogP contribution >= 0.6 is 11.6 Å². The lowest BCUT2D eigenvalue weighted by Crippen LogP contribution is -2.47. The topological polar surface area (TPSA) is 68.7 Å². The van der Waals surface area contributed by atoms with Gasteiger partial charge in [-0.25, -0.2) is 10.5 Å². The highest BCUT2D eigenvalue weighted by Crippen LogP contribution is 2.30. The summed E-state index contributed by atoms with van der Waals surface area (Å²) in [4.78, 5) is 20.2. The quantitative estimate of drug-likeness (QED) is 0.224. The van der Waals surface area contributed by atoms with Gasteiger partial charge in [0.25, 0.3) is 5.91 Å². The summed E-state index contributed by atoms with van der Waals surface area (Å²) < 4.78 is 0. The van der Waals surface area contributed by atoms with Crippen LogP contribution in [0.3, 0.4) is 0 Å². The number of halogens is 1. The number of carbonyl (C=O) groups is 1. The summed E-state index contributed by atoms with van der Waals surface area (Å²) in [5.41, 5.74) is 3.83. The Morgan fingerprint density at radius 2 is 2.00 bits per heavy atom. The first-order valence-electron chi connectivity index (χ1n) is 10.2. The van der Waals surface area contributed by atoms with Gasteiger partial charge >= 0.3 is 0 Å². The standard InChI is InChI=1S/C24H27ClN4O2/c1-3-19(9-5-4-6-11-23(30)27-31)17-28-12-14-29(15-13-28)24-20-10-7-8-18(2)21(20)16-22(25)26-24/h3-11,16,31H,1,12-15,17H2,2H3,(H,27,30)/b5-4+,11-6+,19-9+. The monoisotopic (exact) mass is 438 g/mol. The molecule has 1 aliphatic rings. The number of benzene rings is 1. The van der Waals surface area contributed by atoms with Gasteiger partial charge in [-0.05, 0) is 29.5 Å². The predicted octanol–water partition coefficient (Wildman–Crippen LogP) is 4.05. The highest BCUT2D eigenvalue weighted by molar-refractivity contribution is 6.30. The molecule has 162 valence electrons. The summed E-state index contributed by atoms with van der Waals surface area (Å²) in [7, 11) is 0. The van der Waals surface area contributed by atoms with E-state index in [0.29, 0.717) is 5.15 Å². The maximum Gasteiger partial charge on any atom is 0.267 e. The van der Waals surface area contributed by atoms with Gasteiger partial charge in [0, 0.05) is 44.2 Å². The van der Waals surface area contributed by atoms with Crippen molar-refractivity contribution in [3.05, 3.63) is 83.6 Å². The van der Waals surface area contributed by atoms with E-state index in [2.05, 4.69) is 46.5 Å². The van der Waals surface area contributed by atoms with Crippen LogP contribution in [0.25, 0.3) is 10.8 Å².